The van der Waals surface area contributed by atoms with Gasteiger partial charge in [0, 0.05) is 37.1 Å². The van der Waals surface area contributed by atoms with Gasteiger partial charge in [-0.15, -0.1) is 0 Å². The number of aliphatic carboxylic acids is 1. The van der Waals surface area contributed by atoms with E-state index in [2.05, 4.69) is 4.98 Å². The van der Waals surface area contributed by atoms with Crippen LogP contribution < -0.4 is 0 Å². The maximum atomic E-state index is 13.0. The van der Waals surface area contributed by atoms with Gasteiger partial charge in [-0.1, -0.05) is 29.8 Å². The molecule has 6 heteroatoms. The van der Waals surface area contributed by atoms with Crippen LogP contribution in [0, 0.1) is 6.92 Å². The fraction of sp³-hybridized carbons (Fsp3) is 0.409. The Bertz CT molecular complexity index is 835. The van der Waals surface area contributed by atoms with Gasteiger partial charge in [-0.25, -0.2) is 0 Å². The molecule has 1 aliphatic rings. The van der Waals surface area contributed by atoms with Crippen molar-refractivity contribution in [1.82, 2.24) is 14.8 Å². The number of nitrogens with zero attached hydrogens (tertiary/aromatic N) is 3. The van der Waals surface area contributed by atoms with E-state index in [0.717, 1.165) is 30.4 Å². The third-order valence-corrected chi connectivity index (χ3v) is 5.36. The summed E-state index contributed by atoms with van der Waals surface area (Å²) in [6.07, 6.45) is 5.95. The second-order valence-electron chi connectivity index (χ2n) is 7.51. The van der Waals surface area contributed by atoms with Crippen LogP contribution in [-0.4, -0.2) is 64.5 Å². The van der Waals surface area contributed by atoms with E-state index < -0.39 is 5.97 Å². The number of carboxylic acids is 1. The third-order valence-electron chi connectivity index (χ3n) is 5.36. The molecule has 1 amide bonds. The van der Waals surface area contributed by atoms with Crippen molar-refractivity contribution in [2.75, 3.05) is 26.7 Å². The number of likely N-dealkylation sites (tertiary alicyclic amines) is 1. The molecule has 2 heterocycles. The maximum absolute atomic E-state index is 13.0. The van der Waals surface area contributed by atoms with Crippen molar-refractivity contribution >= 4 is 11.9 Å². The van der Waals surface area contributed by atoms with Crippen LogP contribution in [0.4, 0.5) is 0 Å². The van der Waals surface area contributed by atoms with E-state index in [9.17, 15) is 9.59 Å². The molecule has 1 aromatic carbocycles. The first-order valence-corrected chi connectivity index (χ1v) is 9.67. The summed E-state index contributed by atoms with van der Waals surface area (Å²) >= 11 is 0. The van der Waals surface area contributed by atoms with Crippen molar-refractivity contribution in [3.8, 4) is 11.1 Å². The topological polar surface area (TPSA) is 73.7 Å². The van der Waals surface area contributed by atoms with Gasteiger partial charge < -0.3 is 10.0 Å². The zero-order valence-electron chi connectivity index (χ0n) is 16.5. The molecule has 0 aliphatic carbocycles. The van der Waals surface area contributed by atoms with Crippen LogP contribution in [0.5, 0.6) is 0 Å². The zero-order valence-corrected chi connectivity index (χ0v) is 16.5. The number of carboxylic acid groups (broad SMARTS) is 1. The normalized spacial score (nSPS) is 17.4. The lowest BCUT2D eigenvalue weighted by atomic mass is 10.0. The van der Waals surface area contributed by atoms with Crippen LogP contribution in [-0.2, 0) is 4.79 Å². The predicted molar refractivity (Wildman–Crippen MR) is 108 cm³/mol. The maximum Gasteiger partial charge on any atom is 0.317 e. The highest BCUT2D eigenvalue weighted by atomic mass is 16.4. The number of benzene rings is 1. The first kappa shape index (κ1) is 20.0. The average molecular weight is 381 g/mol. The molecule has 0 radical (unpaired) electrons. The van der Waals surface area contributed by atoms with E-state index in [0.29, 0.717) is 18.7 Å². The molecule has 1 N–H and O–H groups in total. The first-order valence-electron chi connectivity index (χ1n) is 9.67. The number of rotatable bonds is 5. The minimum atomic E-state index is -0.821. The molecule has 1 aliphatic heterocycles. The minimum absolute atomic E-state index is 0.0111. The number of carbonyl (C=O) groups is 2. The van der Waals surface area contributed by atoms with Crippen molar-refractivity contribution in [2.45, 2.75) is 32.2 Å². The van der Waals surface area contributed by atoms with Gasteiger partial charge in [0.25, 0.3) is 5.91 Å². The molecule has 28 heavy (non-hydrogen) atoms. The molecule has 1 saturated heterocycles. The van der Waals surface area contributed by atoms with Crippen molar-refractivity contribution in [3.05, 3.63) is 53.9 Å². The number of hydrogen-bond acceptors (Lipinski definition) is 4. The van der Waals surface area contributed by atoms with E-state index in [4.69, 9.17) is 5.11 Å². The highest BCUT2D eigenvalue weighted by Gasteiger charge is 2.25. The summed E-state index contributed by atoms with van der Waals surface area (Å²) in [5, 5.41) is 9.00. The second-order valence-corrected chi connectivity index (χ2v) is 7.51. The van der Waals surface area contributed by atoms with Gasteiger partial charge in [0.2, 0.25) is 0 Å². The molecule has 1 unspecified atom stereocenters. The third kappa shape index (κ3) is 4.95. The smallest absolute Gasteiger partial charge is 0.317 e. The molecule has 1 fully saturated rings. The summed E-state index contributed by atoms with van der Waals surface area (Å²) in [6, 6.07) is 10.3. The van der Waals surface area contributed by atoms with Crippen LogP contribution >= 0.6 is 0 Å². The van der Waals surface area contributed by atoms with Gasteiger partial charge in [-0.3, -0.25) is 19.5 Å². The van der Waals surface area contributed by atoms with E-state index in [-0.39, 0.29) is 18.5 Å². The number of carbonyl (C=O) groups excluding carboxylic acids is 1. The molecule has 2 aromatic rings. The van der Waals surface area contributed by atoms with Crippen molar-refractivity contribution in [2.24, 2.45) is 0 Å². The summed E-state index contributed by atoms with van der Waals surface area (Å²) in [4.78, 5) is 32.0. The van der Waals surface area contributed by atoms with Crippen LogP contribution in [0.15, 0.2) is 42.7 Å². The molecule has 0 spiro atoms. The number of amides is 1. The standard InChI is InChI=1S/C22H27N3O3/c1-16-5-7-17(8-6-16)18-12-19(14-23-13-18)22(28)25-10-3-4-20(9-11-25)24(2)15-21(26)27/h5-8,12-14,20H,3-4,9-11,15H2,1-2H3,(H,26,27). The molecule has 6 nitrogen and oxygen atoms in total. The van der Waals surface area contributed by atoms with E-state index >= 15 is 0 Å². The summed E-state index contributed by atoms with van der Waals surface area (Å²) in [6.45, 7) is 3.39. The summed E-state index contributed by atoms with van der Waals surface area (Å²) < 4.78 is 0. The highest BCUT2D eigenvalue weighted by molar-refractivity contribution is 5.95. The SMILES string of the molecule is Cc1ccc(-c2cncc(C(=O)N3CCCC(N(C)CC(=O)O)CC3)c2)cc1. The van der Waals surface area contributed by atoms with Crippen LogP contribution in [0.3, 0.4) is 0 Å². The average Bonchev–Trinajstić information content (AvgIpc) is 2.94. The molecule has 1 atom stereocenters. The second kappa shape index (κ2) is 8.97. The minimum Gasteiger partial charge on any atom is -0.480 e. The van der Waals surface area contributed by atoms with Crippen molar-refractivity contribution < 1.29 is 14.7 Å². The Labute approximate surface area is 165 Å². The Morgan fingerprint density at radius 1 is 1.14 bits per heavy atom. The monoisotopic (exact) mass is 381 g/mol. The molecular formula is C22H27N3O3. The summed E-state index contributed by atoms with van der Waals surface area (Å²) in [5.41, 5.74) is 3.75. The number of pyridine rings is 1. The fourth-order valence-electron chi connectivity index (χ4n) is 3.71. The van der Waals surface area contributed by atoms with Crippen LogP contribution in [0.2, 0.25) is 0 Å². The van der Waals surface area contributed by atoms with Gasteiger partial charge in [-0.05, 0) is 44.9 Å². The van der Waals surface area contributed by atoms with E-state index in [1.54, 1.807) is 12.4 Å². The van der Waals surface area contributed by atoms with Crippen LogP contribution in [0.1, 0.15) is 35.2 Å². The summed E-state index contributed by atoms with van der Waals surface area (Å²) in [5.74, 6) is -0.832. The Balaban J connectivity index is 1.69. The fourth-order valence-corrected chi connectivity index (χ4v) is 3.71. The lowest BCUT2D eigenvalue weighted by Crippen LogP contribution is -2.37. The van der Waals surface area contributed by atoms with Gasteiger partial charge in [0.1, 0.15) is 0 Å². The van der Waals surface area contributed by atoms with Crippen LogP contribution in [0.25, 0.3) is 11.1 Å². The lowest BCUT2D eigenvalue weighted by Gasteiger charge is -2.25. The number of hydrogen-bond donors (Lipinski definition) is 1. The number of aryl methyl sites for hydroxylation is 1. The largest absolute Gasteiger partial charge is 0.480 e. The highest BCUT2D eigenvalue weighted by Crippen LogP contribution is 2.22. The lowest BCUT2D eigenvalue weighted by molar-refractivity contribution is -0.138. The number of aromatic nitrogens is 1. The Morgan fingerprint density at radius 2 is 1.89 bits per heavy atom. The molecule has 1 aromatic heterocycles. The summed E-state index contributed by atoms with van der Waals surface area (Å²) in [7, 11) is 1.84. The molecule has 0 bridgehead atoms. The Kier molecular flexibility index (Phi) is 6.41. The Hall–Kier alpha value is -2.73. The quantitative estimate of drug-likeness (QED) is 0.862. The van der Waals surface area contributed by atoms with E-state index in [1.807, 2.05) is 54.1 Å². The Morgan fingerprint density at radius 3 is 2.61 bits per heavy atom. The van der Waals surface area contributed by atoms with Gasteiger partial charge in [0.15, 0.2) is 0 Å². The van der Waals surface area contributed by atoms with Gasteiger partial charge in [-0.2, -0.15) is 0 Å². The zero-order chi connectivity index (χ0) is 20.1. The van der Waals surface area contributed by atoms with Crippen molar-refractivity contribution in [1.29, 1.82) is 0 Å². The molecular weight excluding hydrogens is 354 g/mol. The first-order chi connectivity index (χ1) is 13.4. The number of likely N-dealkylation sites (N-methyl/N-ethyl adjacent to an activating group) is 1. The van der Waals surface area contributed by atoms with E-state index in [1.165, 1.54) is 5.56 Å². The predicted octanol–water partition coefficient (Wildman–Crippen LogP) is 3.07. The van der Waals surface area contributed by atoms with Gasteiger partial charge >= 0.3 is 5.97 Å². The molecule has 148 valence electrons. The molecule has 0 saturated carbocycles. The molecule has 3 rings (SSSR count). The van der Waals surface area contributed by atoms with Gasteiger partial charge in [0.05, 0.1) is 12.1 Å². The van der Waals surface area contributed by atoms with Crippen molar-refractivity contribution in [3.63, 3.8) is 0 Å².